The first-order valence-corrected chi connectivity index (χ1v) is 8.80. The predicted molar refractivity (Wildman–Crippen MR) is 104 cm³/mol. The van der Waals surface area contributed by atoms with Crippen LogP contribution in [-0.4, -0.2) is 22.4 Å². The summed E-state index contributed by atoms with van der Waals surface area (Å²) in [5.74, 6) is 0.529. The third-order valence-electron chi connectivity index (χ3n) is 3.78. The molecule has 128 valence electrons. The van der Waals surface area contributed by atoms with Crippen molar-refractivity contribution in [1.29, 1.82) is 0 Å². The Labute approximate surface area is 155 Å². The van der Waals surface area contributed by atoms with Crippen LogP contribution in [0, 0.1) is 0 Å². The highest BCUT2D eigenvalue weighted by Gasteiger charge is 2.09. The zero-order valence-electron chi connectivity index (χ0n) is 13.9. The molecule has 0 aliphatic heterocycles. The summed E-state index contributed by atoms with van der Waals surface area (Å²) < 4.78 is 2.79. The van der Waals surface area contributed by atoms with Crippen molar-refractivity contribution in [1.82, 2.24) is 15.1 Å². The van der Waals surface area contributed by atoms with Crippen LogP contribution in [0.25, 0.3) is 11.3 Å². The summed E-state index contributed by atoms with van der Waals surface area (Å²) >= 11 is 3.45. The van der Waals surface area contributed by atoms with E-state index < -0.39 is 0 Å². The van der Waals surface area contributed by atoms with Gasteiger partial charge in [-0.3, -0.25) is 10.00 Å². The summed E-state index contributed by atoms with van der Waals surface area (Å²) in [6.45, 7) is 0.556. The summed E-state index contributed by atoms with van der Waals surface area (Å²) in [5.41, 5.74) is 3.17. The molecule has 0 radical (unpaired) electrons. The summed E-state index contributed by atoms with van der Waals surface area (Å²) in [7, 11) is 1.86. The molecule has 1 heterocycles. The molecule has 3 rings (SSSR count). The normalized spacial score (nSPS) is 10.5. The number of nitrogens with zero attached hydrogens (tertiary/aromatic N) is 2. The zero-order valence-corrected chi connectivity index (χ0v) is 15.5. The number of anilines is 1. The Kier molecular flexibility index (Phi) is 5.50. The number of urea groups is 1. The van der Waals surface area contributed by atoms with Gasteiger partial charge in [0.2, 0.25) is 0 Å². The van der Waals surface area contributed by atoms with Crippen LogP contribution >= 0.6 is 15.9 Å². The maximum absolute atomic E-state index is 12.0. The van der Waals surface area contributed by atoms with E-state index in [1.807, 2.05) is 67.7 Å². The van der Waals surface area contributed by atoms with Crippen LogP contribution < -0.4 is 10.6 Å². The minimum absolute atomic E-state index is 0.257. The van der Waals surface area contributed by atoms with Crippen molar-refractivity contribution in [2.75, 3.05) is 11.9 Å². The van der Waals surface area contributed by atoms with Crippen molar-refractivity contribution in [3.63, 3.8) is 0 Å². The second kappa shape index (κ2) is 7.98. The number of aryl methyl sites for hydroxylation is 1. The topological polar surface area (TPSA) is 59.0 Å². The Balaban J connectivity index is 1.55. The third kappa shape index (κ3) is 4.70. The molecule has 2 N–H and O–H groups in total. The van der Waals surface area contributed by atoms with Gasteiger partial charge >= 0.3 is 6.03 Å². The van der Waals surface area contributed by atoms with Crippen LogP contribution in [0.5, 0.6) is 0 Å². The predicted octanol–water partition coefficient (Wildman–Crippen LogP) is 4.21. The molecule has 1 aromatic heterocycles. The monoisotopic (exact) mass is 398 g/mol. The number of amides is 2. The number of rotatable bonds is 5. The van der Waals surface area contributed by atoms with Gasteiger partial charge in [-0.05, 0) is 29.7 Å². The third-order valence-corrected chi connectivity index (χ3v) is 4.27. The smallest absolute Gasteiger partial charge is 0.320 e. The molecule has 0 unspecified atom stereocenters. The second-order valence-electron chi connectivity index (χ2n) is 5.67. The Morgan fingerprint density at radius 1 is 1.12 bits per heavy atom. The summed E-state index contributed by atoms with van der Waals surface area (Å²) in [6.07, 6.45) is 0.768. The molecule has 2 aromatic carbocycles. The number of carbonyl (C=O) groups is 1. The van der Waals surface area contributed by atoms with E-state index in [1.54, 1.807) is 4.68 Å². The van der Waals surface area contributed by atoms with E-state index >= 15 is 0 Å². The maximum atomic E-state index is 12.0. The van der Waals surface area contributed by atoms with Crippen molar-refractivity contribution in [3.8, 4) is 11.3 Å². The largest absolute Gasteiger partial charge is 0.337 e. The fourth-order valence-electron chi connectivity index (χ4n) is 2.58. The van der Waals surface area contributed by atoms with Crippen molar-refractivity contribution < 1.29 is 4.79 Å². The minimum atomic E-state index is -0.257. The highest BCUT2D eigenvalue weighted by Crippen LogP contribution is 2.21. The lowest BCUT2D eigenvalue weighted by molar-refractivity contribution is 0.252. The average molecular weight is 399 g/mol. The van der Waals surface area contributed by atoms with E-state index in [0.29, 0.717) is 12.4 Å². The molecule has 0 saturated carbocycles. The molecule has 25 heavy (non-hydrogen) atoms. The summed E-state index contributed by atoms with van der Waals surface area (Å²) in [6, 6.07) is 19.6. The first-order chi connectivity index (χ1) is 12.1. The lowest BCUT2D eigenvalue weighted by Crippen LogP contribution is -2.30. The van der Waals surface area contributed by atoms with Gasteiger partial charge in [-0.15, -0.1) is 0 Å². The molecule has 0 aliphatic carbocycles. The summed E-state index contributed by atoms with van der Waals surface area (Å²) in [5, 5.41) is 9.98. The number of hydrogen-bond donors (Lipinski definition) is 2. The van der Waals surface area contributed by atoms with Gasteiger partial charge in [0, 0.05) is 24.1 Å². The number of carbonyl (C=O) groups excluding carboxylic acids is 1. The van der Waals surface area contributed by atoms with Gasteiger partial charge in [-0.1, -0.05) is 58.4 Å². The molecular formula is C19H19BrN4O. The van der Waals surface area contributed by atoms with Crippen molar-refractivity contribution in [2.45, 2.75) is 6.42 Å². The lowest BCUT2D eigenvalue weighted by Gasteiger charge is -2.06. The fourth-order valence-corrected chi connectivity index (χ4v) is 3.03. The van der Waals surface area contributed by atoms with Crippen LogP contribution in [0.1, 0.15) is 5.56 Å². The lowest BCUT2D eigenvalue weighted by atomic mass is 10.1. The van der Waals surface area contributed by atoms with E-state index in [1.165, 1.54) is 5.56 Å². The molecule has 6 heteroatoms. The molecule has 0 spiro atoms. The van der Waals surface area contributed by atoms with E-state index in [9.17, 15) is 4.79 Å². The highest BCUT2D eigenvalue weighted by atomic mass is 79.9. The van der Waals surface area contributed by atoms with Gasteiger partial charge in [-0.25, -0.2) is 4.79 Å². The molecule has 0 bridgehead atoms. The standard InChI is InChI=1S/C19H19BrN4O/c1-24-17(15-7-3-2-4-8-15)13-18(23-24)22-19(25)21-11-10-14-6-5-9-16(20)12-14/h2-9,12-13H,10-11H2,1H3,(H2,21,22,23,25). The van der Waals surface area contributed by atoms with Gasteiger partial charge < -0.3 is 5.32 Å². The Morgan fingerprint density at radius 2 is 1.92 bits per heavy atom. The highest BCUT2D eigenvalue weighted by molar-refractivity contribution is 9.10. The van der Waals surface area contributed by atoms with Gasteiger partial charge in [0.25, 0.3) is 0 Å². The first-order valence-electron chi connectivity index (χ1n) is 8.00. The molecule has 0 saturated heterocycles. The molecule has 0 aliphatic rings. The van der Waals surface area contributed by atoms with Crippen LogP contribution in [0.3, 0.4) is 0 Å². The SMILES string of the molecule is Cn1nc(NC(=O)NCCc2cccc(Br)c2)cc1-c1ccccc1. The van der Waals surface area contributed by atoms with E-state index in [-0.39, 0.29) is 6.03 Å². The first kappa shape index (κ1) is 17.2. The molecular weight excluding hydrogens is 380 g/mol. The molecule has 2 amide bonds. The Bertz CT molecular complexity index is 861. The maximum Gasteiger partial charge on any atom is 0.320 e. The Hall–Kier alpha value is -2.60. The van der Waals surface area contributed by atoms with Gasteiger partial charge in [0.05, 0.1) is 5.69 Å². The van der Waals surface area contributed by atoms with Crippen LogP contribution in [-0.2, 0) is 13.5 Å². The fraction of sp³-hybridized carbons (Fsp3) is 0.158. The van der Waals surface area contributed by atoms with Gasteiger partial charge in [0.15, 0.2) is 5.82 Å². The number of benzene rings is 2. The molecule has 0 fully saturated rings. The number of halogens is 1. The van der Waals surface area contributed by atoms with Crippen LogP contribution in [0.2, 0.25) is 0 Å². The van der Waals surface area contributed by atoms with E-state index in [0.717, 1.165) is 22.2 Å². The van der Waals surface area contributed by atoms with E-state index in [2.05, 4.69) is 31.7 Å². The number of nitrogens with one attached hydrogen (secondary N) is 2. The number of aromatic nitrogens is 2. The zero-order chi connectivity index (χ0) is 17.6. The van der Waals surface area contributed by atoms with Crippen molar-refractivity contribution in [2.24, 2.45) is 7.05 Å². The second-order valence-corrected chi connectivity index (χ2v) is 6.58. The van der Waals surface area contributed by atoms with Gasteiger partial charge in [-0.2, -0.15) is 5.10 Å². The van der Waals surface area contributed by atoms with Gasteiger partial charge in [0.1, 0.15) is 0 Å². The molecule has 3 aromatic rings. The quantitative estimate of drug-likeness (QED) is 0.675. The average Bonchev–Trinajstić information content (AvgIpc) is 2.96. The van der Waals surface area contributed by atoms with Crippen LogP contribution in [0.15, 0.2) is 65.1 Å². The van der Waals surface area contributed by atoms with Crippen molar-refractivity contribution >= 4 is 27.8 Å². The summed E-state index contributed by atoms with van der Waals surface area (Å²) in [4.78, 5) is 12.0. The minimum Gasteiger partial charge on any atom is -0.337 e. The Morgan fingerprint density at radius 3 is 2.68 bits per heavy atom. The molecule has 0 atom stereocenters. The van der Waals surface area contributed by atoms with Crippen molar-refractivity contribution in [3.05, 3.63) is 70.7 Å². The molecule has 5 nitrogen and oxygen atoms in total. The van der Waals surface area contributed by atoms with Crippen LogP contribution in [0.4, 0.5) is 10.6 Å². The number of hydrogen-bond acceptors (Lipinski definition) is 2. The van der Waals surface area contributed by atoms with E-state index in [4.69, 9.17) is 0 Å².